The summed E-state index contributed by atoms with van der Waals surface area (Å²) in [6.07, 6.45) is 0. The zero-order valence-corrected chi connectivity index (χ0v) is 11.0. The average molecular weight is 197 g/mol. The molecule has 1 heteroatoms. The molecule has 0 aromatic carbocycles. The second kappa shape index (κ2) is 3.23. The predicted octanol–water partition coefficient (Wildman–Crippen LogP) is 3.30. The van der Waals surface area contributed by atoms with Gasteiger partial charge in [0.15, 0.2) is 0 Å². The minimum Gasteiger partial charge on any atom is -0.316 e. The maximum Gasteiger partial charge on any atom is -0.000000141 e. The van der Waals surface area contributed by atoms with E-state index in [4.69, 9.17) is 0 Å². The van der Waals surface area contributed by atoms with E-state index >= 15 is 0 Å². The van der Waals surface area contributed by atoms with Crippen LogP contribution >= 0.6 is 0 Å². The Morgan fingerprint density at radius 1 is 1.00 bits per heavy atom. The van der Waals surface area contributed by atoms with Gasteiger partial charge < -0.3 is 5.32 Å². The third kappa shape index (κ3) is 2.13. The summed E-state index contributed by atoms with van der Waals surface area (Å²) >= 11 is 0. The Labute approximate surface area is 89.7 Å². The summed E-state index contributed by atoms with van der Waals surface area (Å²) in [7, 11) is 0. The third-order valence-electron chi connectivity index (χ3n) is 4.32. The van der Waals surface area contributed by atoms with Crippen LogP contribution in [0.25, 0.3) is 0 Å². The molecule has 1 rings (SSSR count). The van der Waals surface area contributed by atoms with E-state index in [1.807, 2.05) is 0 Å². The van der Waals surface area contributed by atoms with Crippen molar-refractivity contribution < 1.29 is 0 Å². The highest BCUT2D eigenvalue weighted by atomic mass is 14.9. The van der Waals surface area contributed by atoms with Crippen LogP contribution in [-0.4, -0.2) is 13.1 Å². The van der Waals surface area contributed by atoms with Gasteiger partial charge in [-0.3, -0.25) is 0 Å². The van der Waals surface area contributed by atoms with Gasteiger partial charge in [0.25, 0.3) is 0 Å². The third-order valence-corrected chi connectivity index (χ3v) is 4.32. The van der Waals surface area contributed by atoms with E-state index in [2.05, 4.69) is 53.8 Å². The van der Waals surface area contributed by atoms with Gasteiger partial charge in [0, 0.05) is 0 Å². The maximum atomic E-state index is 3.60. The highest BCUT2D eigenvalue weighted by Crippen LogP contribution is 2.67. The van der Waals surface area contributed by atoms with Crippen LogP contribution in [0.5, 0.6) is 0 Å². The number of rotatable bonds is 3. The van der Waals surface area contributed by atoms with E-state index in [0.717, 1.165) is 12.5 Å². The van der Waals surface area contributed by atoms with Gasteiger partial charge in [-0.15, -0.1) is 0 Å². The zero-order valence-electron chi connectivity index (χ0n) is 11.0. The van der Waals surface area contributed by atoms with Crippen molar-refractivity contribution in [2.24, 2.45) is 22.2 Å². The first-order chi connectivity index (χ1) is 6.09. The highest BCUT2D eigenvalue weighted by Gasteiger charge is 2.63. The smallest absolute Gasteiger partial charge is 0.000000141 e. The van der Waals surface area contributed by atoms with E-state index < -0.39 is 0 Å². The number of hydrogen-bond acceptors (Lipinski definition) is 1. The fourth-order valence-corrected chi connectivity index (χ4v) is 2.44. The van der Waals surface area contributed by atoms with E-state index in [9.17, 15) is 0 Å². The molecule has 1 N–H and O–H groups in total. The van der Waals surface area contributed by atoms with Crippen LogP contribution in [0.15, 0.2) is 0 Å². The van der Waals surface area contributed by atoms with Crippen molar-refractivity contribution in [3.05, 3.63) is 0 Å². The van der Waals surface area contributed by atoms with E-state index in [1.54, 1.807) is 0 Å². The molecule has 1 aliphatic rings. The molecule has 0 amide bonds. The molecule has 0 aromatic heterocycles. The van der Waals surface area contributed by atoms with Gasteiger partial charge in [-0.25, -0.2) is 0 Å². The van der Waals surface area contributed by atoms with Crippen molar-refractivity contribution in [2.45, 2.75) is 48.5 Å². The lowest BCUT2D eigenvalue weighted by atomic mass is 9.97. The second-order valence-electron chi connectivity index (χ2n) is 7.19. The molecular weight excluding hydrogens is 170 g/mol. The molecule has 0 saturated heterocycles. The van der Waals surface area contributed by atoms with Crippen molar-refractivity contribution in [3.8, 4) is 0 Å². The van der Waals surface area contributed by atoms with Crippen LogP contribution in [-0.2, 0) is 0 Å². The normalized spacial score (nSPS) is 25.1. The minimum atomic E-state index is 0.406. The first-order valence-electron chi connectivity index (χ1n) is 5.80. The topological polar surface area (TPSA) is 12.0 Å². The molecule has 0 bridgehead atoms. The molecule has 14 heavy (non-hydrogen) atoms. The Morgan fingerprint density at radius 3 is 1.71 bits per heavy atom. The quantitative estimate of drug-likeness (QED) is 0.732. The Balaban J connectivity index is 2.30. The SMILES string of the molecule is CC(C)(C)CNCC1C(C)(C)C1(C)C. The first kappa shape index (κ1) is 12.0. The van der Waals surface area contributed by atoms with Crippen LogP contribution in [0.1, 0.15) is 48.5 Å². The van der Waals surface area contributed by atoms with Crippen LogP contribution in [0.4, 0.5) is 0 Å². The van der Waals surface area contributed by atoms with Crippen molar-refractivity contribution in [3.63, 3.8) is 0 Å². The van der Waals surface area contributed by atoms with E-state index in [0.29, 0.717) is 16.2 Å². The summed E-state index contributed by atoms with van der Waals surface area (Å²) in [6, 6.07) is 0. The molecule has 0 aromatic rings. The standard InChI is InChI=1S/C13H27N/c1-11(2,3)9-14-8-10-12(4,5)13(10,6)7/h10,14H,8-9H2,1-7H3. The van der Waals surface area contributed by atoms with Crippen molar-refractivity contribution in [1.82, 2.24) is 5.32 Å². The molecule has 1 saturated carbocycles. The first-order valence-corrected chi connectivity index (χ1v) is 5.80. The molecule has 0 unspecified atom stereocenters. The number of nitrogens with one attached hydrogen (secondary N) is 1. The maximum absolute atomic E-state index is 3.60. The summed E-state index contributed by atoms with van der Waals surface area (Å²) in [5, 5.41) is 3.60. The van der Waals surface area contributed by atoms with Gasteiger partial charge in [-0.1, -0.05) is 48.5 Å². The lowest BCUT2D eigenvalue weighted by molar-refractivity contribution is 0.368. The zero-order chi connectivity index (χ0) is 11.2. The van der Waals surface area contributed by atoms with Gasteiger partial charge >= 0.3 is 0 Å². The van der Waals surface area contributed by atoms with Gasteiger partial charge in [0.05, 0.1) is 0 Å². The number of hydrogen-bond donors (Lipinski definition) is 1. The lowest BCUT2D eigenvalue weighted by Crippen LogP contribution is -2.29. The average Bonchev–Trinajstić information content (AvgIpc) is 2.28. The van der Waals surface area contributed by atoms with Crippen molar-refractivity contribution in [1.29, 1.82) is 0 Å². The molecule has 1 nitrogen and oxygen atoms in total. The van der Waals surface area contributed by atoms with Gasteiger partial charge in [-0.2, -0.15) is 0 Å². The fourth-order valence-electron chi connectivity index (χ4n) is 2.44. The van der Waals surface area contributed by atoms with E-state index in [-0.39, 0.29) is 0 Å². The monoisotopic (exact) mass is 197 g/mol. The summed E-state index contributed by atoms with van der Waals surface area (Å²) < 4.78 is 0. The lowest BCUT2D eigenvalue weighted by Gasteiger charge is -2.19. The minimum absolute atomic E-state index is 0.406. The Morgan fingerprint density at radius 2 is 1.43 bits per heavy atom. The highest BCUT2D eigenvalue weighted by molar-refractivity contribution is 5.12. The molecule has 0 heterocycles. The van der Waals surface area contributed by atoms with Crippen LogP contribution in [0.2, 0.25) is 0 Å². The van der Waals surface area contributed by atoms with Gasteiger partial charge in [0.2, 0.25) is 0 Å². The Kier molecular flexibility index (Phi) is 2.78. The molecule has 0 aliphatic heterocycles. The van der Waals surface area contributed by atoms with Crippen LogP contribution in [0, 0.1) is 22.2 Å². The van der Waals surface area contributed by atoms with E-state index in [1.165, 1.54) is 6.54 Å². The molecule has 84 valence electrons. The Bertz CT molecular complexity index is 194. The molecular formula is C13H27N. The van der Waals surface area contributed by atoms with Crippen LogP contribution in [0.3, 0.4) is 0 Å². The molecule has 1 aliphatic carbocycles. The second-order valence-corrected chi connectivity index (χ2v) is 7.19. The Hall–Kier alpha value is -0.0400. The van der Waals surface area contributed by atoms with Crippen molar-refractivity contribution >= 4 is 0 Å². The van der Waals surface area contributed by atoms with Crippen LogP contribution < -0.4 is 5.32 Å². The summed E-state index contributed by atoms with van der Waals surface area (Å²) in [6.45, 7) is 18.7. The van der Waals surface area contributed by atoms with Crippen molar-refractivity contribution in [2.75, 3.05) is 13.1 Å². The van der Waals surface area contributed by atoms with Gasteiger partial charge in [0.1, 0.15) is 0 Å². The largest absolute Gasteiger partial charge is 0.316 e. The summed E-state index contributed by atoms with van der Waals surface area (Å²) in [4.78, 5) is 0. The summed E-state index contributed by atoms with van der Waals surface area (Å²) in [5.74, 6) is 0.845. The summed E-state index contributed by atoms with van der Waals surface area (Å²) in [5.41, 5.74) is 1.46. The molecule has 0 radical (unpaired) electrons. The fraction of sp³-hybridized carbons (Fsp3) is 1.00. The predicted molar refractivity (Wildman–Crippen MR) is 63.4 cm³/mol. The molecule has 0 spiro atoms. The molecule has 0 atom stereocenters. The van der Waals surface area contributed by atoms with Gasteiger partial charge in [-0.05, 0) is 35.3 Å². The molecule has 1 fully saturated rings.